The zero-order valence-electron chi connectivity index (χ0n) is 15.1. The fourth-order valence-electron chi connectivity index (χ4n) is 2.90. The lowest BCUT2D eigenvalue weighted by atomic mass is 10.1. The molecule has 0 atom stereocenters. The van der Waals surface area contributed by atoms with Crippen molar-refractivity contribution in [3.63, 3.8) is 0 Å². The zero-order valence-corrected chi connectivity index (χ0v) is 15.9. The quantitative estimate of drug-likeness (QED) is 0.636. The summed E-state index contributed by atoms with van der Waals surface area (Å²) in [5, 5.41) is 12.6. The molecule has 0 saturated heterocycles. The van der Waals surface area contributed by atoms with Gasteiger partial charge in [-0.05, 0) is 43.5 Å². The van der Waals surface area contributed by atoms with E-state index in [-0.39, 0.29) is 5.91 Å². The molecule has 1 N–H and O–H groups in total. The van der Waals surface area contributed by atoms with E-state index in [1.54, 1.807) is 24.2 Å². The maximum absolute atomic E-state index is 12.5. The molecule has 6 nitrogen and oxygen atoms in total. The van der Waals surface area contributed by atoms with Crippen LogP contribution in [0.2, 0.25) is 0 Å². The van der Waals surface area contributed by atoms with E-state index in [0.29, 0.717) is 11.8 Å². The Bertz CT molecular complexity index is 937. The predicted octanol–water partition coefficient (Wildman–Crippen LogP) is 3.54. The van der Waals surface area contributed by atoms with Gasteiger partial charge in [0.2, 0.25) is 0 Å². The number of nitrogens with zero attached hydrogens (tertiary/aromatic N) is 4. The SMILES string of the molecule is CCn1c(SCc2ccccc2C(=O)NC2CC2)nnc1-c1ccncc1. The summed E-state index contributed by atoms with van der Waals surface area (Å²) in [7, 11) is 0. The molecule has 1 aliphatic rings. The van der Waals surface area contributed by atoms with Gasteiger partial charge in [0.05, 0.1) is 0 Å². The number of pyridine rings is 1. The number of aromatic nitrogens is 4. The van der Waals surface area contributed by atoms with E-state index in [1.165, 1.54) is 0 Å². The van der Waals surface area contributed by atoms with Gasteiger partial charge in [-0.25, -0.2) is 0 Å². The standard InChI is InChI=1S/C20H21N5OS/c1-2-25-18(14-9-11-21-12-10-14)23-24-20(25)27-13-15-5-3-4-6-17(15)19(26)22-16-7-8-16/h3-6,9-12,16H,2,7-8,13H2,1H3,(H,22,26). The summed E-state index contributed by atoms with van der Waals surface area (Å²) in [5.74, 6) is 1.52. The fraction of sp³-hybridized carbons (Fsp3) is 0.300. The average molecular weight is 379 g/mol. The van der Waals surface area contributed by atoms with E-state index in [9.17, 15) is 4.79 Å². The van der Waals surface area contributed by atoms with Crippen molar-refractivity contribution in [2.24, 2.45) is 0 Å². The minimum atomic E-state index is 0.0168. The molecule has 27 heavy (non-hydrogen) atoms. The lowest BCUT2D eigenvalue weighted by Gasteiger charge is -2.10. The third kappa shape index (κ3) is 4.03. The van der Waals surface area contributed by atoms with E-state index in [1.807, 2.05) is 36.4 Å². The number of amides is 1. The van der Waals surface area contributed by atoms with E-state index < -0.39 is 0 Å². The van der Waals surface area contributed by atoms with Gasteiger partial charge in [-0.1, -0.05) is 30.0 Å². The van der Waals surface area contributed by atoms with E-state index in [4.69, 9.17) is 0 Å². The molecule has 138 valence electrons. The molecule has 7 heteroatoms. The Morgan fingerprint density at radius 2 is 1.96 bits per heavy atom. The highest BCUT2D eigenvalue weighted by Gasteiger charge is 2.24. The molecule has 4 rings (SSSR count). The summed E-state index contributed by atoms with van der Waals surface area (Å²) in [4.78, 5) is 16.5. The molecule has 1 fully saturated rings. The first-order chi connectivity index (χ1) is 13.3. The Morgan fingerprint density at radius 3 is 2.70 bits per heavy atom. The van der Waals surface area contributed by atoms with Gasteiger partial charge >= 0.3 is 0 Å². The van der Waals surface area contributed by atoms with Crippen molar-refractivity contribution in [1.82, 2.24) is 25.1 Å². The monoisotopic (exact) mass is 379 g/mol. The molecule has 3 aromatic rings. The van der Waals surface area contributed by atoms with Crippen LogP contribution in [0.1, 0.15) is 35.7 Å². The van der Waals surface area contributed by atoms with E-state index in [2.05, 4.69) is 32.0 Å². The van der Waals surface area contributed by atoms with Crippen molar-refractivity contribution >= 4 is 17.7 Å². The minimum absolute atomic E-state index is 0.0168. The highest BCUT2D eigenvalue weighted by atomic mass is 32.2. The molecule has 1 aromatic carbocycles. The molecule has 0 unspecified atom stereocenters. The first-order valence-electron chi connectivity index (χ1n) is 9.11. The van der Waals surface area contributed by atoms with Crippen LogP contribution in [0.25, 0.3) is 11.4 Å². The number of rotatable bonds is 7. The van der Waals surface area contributed by atoms with Crippen LogP contribution in [-0.4, -0.2) is 31.7 Å². The second-order valence-electron chi connectivity index (χ2n) is 6.48. The first-order valence-corrected chi connectivity index (χ1v) is 10.1. The van der Waals surface area contributed by atoms with Gasteiger partial charge in [0, 0.05) is 41.9 Å². The molecule has 0 spiro atoms. The molecule has 1 saturated carbocycles. The summed E-state index contributed by atoms with van der Waals surface area (Å²) in [6.45, 7) is 2.85. The number of hydrogen-bond donors (Lipinski definition) is 1. The number of carbonyl (C=O) groups is 1. The highest BCUT2D eigenvalue weighted by molar-refractivity contribution is 7.98. The third-order valence-electron chi connectivity index (χ3n) is 4.50. The van der Waals surface area contributed by atoms with Gasteiger partial charge in [0.15, 0.2) is 11.0 Å². The number of thioether (sulfide) groups is 1. The number of benzene rings is 1. The lowest BCUT2D eigenvalue weighted by molar-refractivity contribution is 0.0950. The van der Waals surface area contributed by atoms with Crippen LogP contribution in [0, 0.1) is 0 Å². The fourth-order valence-corrected chi connectivity index (χ4v) is 3.90. The van der Waals surface area contributed by atoms with Gasteiger partial charge in [0.25, 0.3) is 5.91 Å². The van der Waals surface area contributed by atoms with Crippen molar-refractivity contribution in [2.75, 3.05) is 0 Å². The van der Waals surface area contributed by atoms with Gasteiger partial charge in [-0.15, -0.1) is 10.2 Å². The maximum Gasteiger partial charge on any atom is 0.251 e. The van der Waals surface area contributed by atoms with Crippen LogP contribution in [0.5, 0.6) is 0 Å². The summed E-state index contributed by atoms with van der Waals surface area (Å²) in [5.41, 5.74) is 2.75. The van der Waals surface area contributed by atoms with Crippen LogP contribution < -0.4 is 5.32 Å². The molecule has 1 aliphatic carbocycles. The topological polar surface area (TPSA) is 72.7 Å². The molecule has 2 aromatic heterocycles. The Kier molecular flexibility index (Phi) is 5.20. The van der Waals surface area contributed by atoms with E-state index in [0.717, 1.165) is 47.1 Å². The Labute approximate surface area is 162 Å². The minimum Gasteiger partial charge on any atom is -0.349 e. The summed E-state index contributed by atoms with van der Waals surface area (Å²) < 4.78 is 2.09. The summed E-state index contributed by atoms with van der Waals surface area (Å²) in [6, 6.07) is 12.0. The maximum atomic E-state index is 12.5. The van der Waals surface area contributed by atoms with Crippen molar-refractivity contribution in [3.8, 4) is 11.4 Å². The number of carbonyl (C=O) groups excluding carboxylic acids is 1. The largest absolute Gasteiger partial charge is 0.349 e. The summed E-state index contributed by atoms with van der Waals surface area (Å²) in [6.07, 6.45) is 5.68. The van der Waals surface area contributed by atoms with Crippen molar-refractivity contribution in [1.29, 1.82) is 0 Å². The van der Waals surface area contributed by atoms with Crippen molar-refractivity contribution in [3.05, 3.63) is 59.9 Å². The van der Waals surface area contributed by atoms with Crippen LogP contribution in [0.4, 0.5) is 0 Å². The lowest BCUT2D eigenvalue weighted by Crippen LogP contribution is -2.26. The number of nitrogens with one attached hydrogen (secondary N) is 1. The predicted molar refractivity (Wildman–Crippen MR) is 105 cm³/mol. The van der Waals surface area contributed by atoms with E-state index >= 15 is 0 Å². The van der Waals surface area contributed by atoms with Gasteiger partial charge < -0.3 is 9.88 Å². The van der Waals surface area contributed by atoms with Crippen LogP contribution in [-0.2, 0) is 12.3 Å². The van der Waals surface area contributed by atoms with Crippen LogP contribution in [0.15, 0.2) is 53.9 Å². The average Bonchev–Trinajstić information content (AvgIpc) is 3.43. The molecule has 0 aliphatic heterocycles. The molecule has 1 amide bonds. The first kappa shape index (κ1) is 17.7. The molecule has 0 radical (unpaired) electrons. The van der Waals surface area contributed by atoms with Crippen LogP contribution >= 0.6 is 11.8 Å². The van der Waals surface area contributed by atoms with Crippen molar-refractivity contribution < 1.29 is 4.79 Å². The second-order valence-corrected chi connectivity index (χ2v) is 7.42. The summed E-state index contributed by atoms with van der Waals surface area (Å²) >= 11 is 1.60. The molecule has 2 heterocycles. The normalized spacial score (nSPS) is 13.5. The number of hydrogen-bond acceptors (Lipinski definition) is 5. The molecule has 0 bridgehead atoms. The molecular weight excluding hydrogens is 358 g/mol. The molecular formula is C20H21N5OS. The van der Waals surface area contributed by atoms with Crippen LogP contribution in [0.3, 0.4) is 0 Å². The van der Waals surface area contributed by atoms with Gasteiger partial charge in [-0.2, -0.15) is 0 Å². The Morgan fingerprint density at radius 1 is 1.19 bits per heavy atom. The Balaban J connectivity index is 1.53. The smallest absolute Gasteiger partial charge is 0.251 e. The van der Waals surface area contributed by atoms with Gasteiger partial charge in [-0.3, -0.25) is 9.78 Å². The second kappa shape index (κ2) is 7.92. The van der Waals surface area contributed by atoms with Gasteiger partial charge in [0.1, 0.15) is 0 Å². The zero-order chi connectivity index (χ0) is 18.6. The highest BCUT2D eigenvalue weighted by Crippen LogP contribution is 2.27. The van der Waals surface area contributed by atoms with Crippen molar-refractivity contribution in [2.45, 2.75) is 43.3 Å². The third-order valence-corrected chi connectivity index (χ3v) is 5.52. The Hall–Kier alpha value is -2.67.